The molecule has 0 N–H and O–H groups in total. The highest BCUT2D eigenvalue weighted by Gasteiger charge is 2.24. The molecule has 5 nitrogen and oxygen atoms in total. The first-order valence-corrected chi connectivity index (χ1v) is 20.1. The van der Waals surface area contributed by atoms with Crippen LogP contribution in [0.2, 0.25) is 0 Å². The lowest BCUT2D eigenvalue weighted by Gasteiger charge is -2.11. The van der Waals surface area contributed by atoms with E-state index in [1.165, 1.54) is 10.9 Å². The van der Waals surface area contributed by atoms with Gasteiger partial charge in [0.2, 0.25) is 0 Å². The fourth-order valence-corrected chi connectivity index (χ4v) is 8.88. The molecule has 1 aliphatic carbocycles. The number of hydrogen-bond acceptors (Lipinski definition) is 5. The molecule has 12 rings (SSSR count). The quantitative estimate of drug-likeness (QED) is 0.175. The fourth-order valence-electron chi connectivity index (χ4n) is 8.88. The highest BCUT2D eigenvalue weighted by atomic mass is 16.3. The van der Waals surface area contributed by atoms with E-state index in [-0.39, 0.29) is 0 Å². The first-order chi connectivity index (χ1) is 29.1. The molecule has 1 atom stereocenters. The Hall–Kier alpha value is -7.63. The van der Waals surface area contributed by atoms with Crippen LogP contribution in [-0.4, -0.2) is 15.0 Å². The van der Waals surface area contributed by atoms with Crippen molar-refractivity contribution < 1.29 is 8.83 Å². The van der Waals surface area contributed by atoms with Gasteiger partial charge in [-0.3, -0.25) is 0 Å². The first kappa shape index (κ1) is 33.5. The van der Waals surface area contributed by atoms with Gasteiger partial charge in [-0.1, -0.05) is 140 Å². The first-order valence-electron chi connectivity index (χ1n) is 20.1. The number of rotatable bonds is 5. The lowest BCUT2D eigenvalue weighted by atomic mass is 9.94. The molecular weight excluding hydrogens is 723 g/mol. The lowest BCUT2D eigenvalue weighted by molar-refractivity contribution is 0.504. The van der Waals surface area contributed by atoms with Gasteiger partial charge in [-0.05, 0) is 92.7 Å². The van der Waals surface area contributed by atoms with E-state index in [2.05, 4.69) is 177 Å². The molecule has 278 valence electrons. The summed E-state index contributed by atoms with van der Waals surface area (Å²) < 4.78 is 13.2. The van der Waals surface area contributed by atoms with E-state index in [1.807, 2.05) is 6.07 Å². The summed E-state index contributed by atoms with van der Waals surface area (Å²) in [5.74, 6) is 3.10. The zero-order valence-corrected chi connectivity index (χ0v) is 32.2. The van der Waals surface area contributed by atoms with Crippen LogP contribution in [0.1, 0.15) is 30.6 Å². The van der Waals surface area contributed by atoms with Gasteiger partial charge in [0.25, 0.3) is 0 Å². The summed E-state index contributed by atoms with van der Waals surface area (Å²) in [6.45, 7) is 2.22. The normalized spacial score (nSPS) is 13.9. The Balaban J connectivity index is 1.01. The van der Waals surface area contributed by atoms with E-state index < -0.39 is 0 Å². The monoisotopic (exact) mass is 757 g/mol. The maximum atomic E-state index is 6.67. The summed E-state index contributed by atoms with van der Waals surface area (Å²) in [5, 5.41) is 7.80. The molecule has 3 heterocycles. The number of furan rings is 2. The molecule has 0 fully saturated rings. The summed E-state index contributed by atoms with van der Waals surface area (Å²) in [4.78, 5) is 15.5. The third-order valence-corrected chi connectivity index (χ3v) is 11.9. The van der Waals surface area contributed by atoms with E-state index in [0.29, 0.717) is 23.4 Å². The van der Waals surface area contributed by atoms with Crippen LogP contribution in [0, 0.1) is 0 Å². The van der Waals surface area contributed by atoms with Crippen molar-refractivity contribution in [2.24, 2.45) is 0 Å². The predicted molar refractivity (Wildman–Crippen MR) is 241 cm³/mol. The van der Waals surface area contributed by atoms with Crippen LogP contribution < -0.4 is 0 Å². The maximum absolute atomic E-state index is 6.67. The van der Waals surface area contributed by atoms with Crippen molar-refractivity contribution >= 4 is 60.5 Å². The Kier molecular flexibility index (Phi) is 7.51. The number of allylic oxidation sites excluding steroid dienone is 1. The standard InChI is InChI=1S/C54H35N3O2/c1-32-10-7-16-43-44-17-8-18-46(51(44)59-50(32)43)54-56-52(39-24-21-34-13-5-6-14-36(34)28-39)55-53(57-54)40-25-22-35-20-23-38(29-41(35)30-40)42-15-9-19-47-49(42)45-27-26-37(31-48(45)58-47)33-11-3-2-4-12-33/h2-9,11-32H,10H2,1H3. The van der Waals surface area contributed by atoms with Crippen molar-refractivity contribution in [3.05, 3.63) is 181 Å². The summed E-state index contributed by atoms with van der Waals surface area (Å²) in [7, 11) is 0. The molecule has 0 spiro atoms. The SMILES string of the molecule is CC1CC=Cc2c1oc1c(-c3nc(-c4ccc5ccccc5c4)nc(-c4ccc5ccc(-c6cccc7oc8cc(-c9ccccc9)ccc8c67)cc5c4)n3)cccc21. The Morgan fingerprint density at radius 2 is 1.12 bits per heavy atom. The van der Waals surface area contributed by atoms with Gasteiger partial charge in [0.05, 0.1) is 5.56 Å². The molecule has 1 aliphatic rings. The molecule has 0 amide bonds. The van der Waals surface area contributed by atoms with Gasteiger partial charge >= 0.3 is 0 Å². The van der Waals surface area contributed by atoms with Crippen LogP contribution >= 0.6 is 0 Å². The van der Waals surface area contributed by atoms with Crippen molar-refractivity contribution in [1.82, 2.24) is 15.0 Å². The predicted octanol–water partition coefficient (Wildman–Crippen LogP) is 14.7. The molecule has 0 bridgehead atoms. The highest BCUT2D eigenvalue weighted by molar-refractivity contribution is 6.13. The molecule has 59 heavy (non-hydrogen) atoms. The molecule has 8 aromatic carbocycles. The second-order valence-electron chi connectivity index (χ2n) is 15.6. The van der Waals surface area contributed by atoms with Crippen molar-refractivity contribution in [2.75, 3.05) is 0 Å². The van der Waals surface area contributed by atoms with E-state index in [4.69, 9.17) is 23.8 Å². The molecule has 5 heteroatoms. The average Bonchev–Trinajstić information content (AvgIpc) is 3.88. The highest BCUT2D eigenvalue weighted by Crippen LogP contribution is 2.42. The summed E-state index contributed by atoms with van der Waals surface area (Å²) >= 11 is 0. The van der Waals surface area contributed by atoms with Crippen LogP contribution in [0.25, 0.3) is 117 Å². The third-order valence-electron chi connectivity index (χ3n) is 11.9. The van der Waals surface area contributed by atoms with E-state index in [0.717, 1.165) is 100 Å². The van der Waals surface area contributed by atoms with Crippen molar-refractivity contribution in [2.45, 2.75) is 19.3 Å². The second-order valence-corrected chi connectivity index (χ2v) is 15.6. The molecule has 0 saturated heterocycles. The Labute approximate surface area is 340 Å². The van der Waals surface area contributed by atoms with Gasteiger partial charge in [-0.25, -0.2) is 15.0 Å². The minimum atomic E-state index is 0.298. The zero-order valence-electron chi connectivity index (χ0n) is 32.2. The molecule has 0 aliphatic heterocycles. The number of nitrogens with zero attached hydrogens (tertiary/aromatic N) is 3. The molecule has 0 radical (unpaired) electrons. The molecule has 1 unspecified atom stereocenters. The summed E-state index contributed by atoms with van der Waals surface area (Å²) in [6.07, 6.45) is 5.38. The molecule has 11 aromatic rings. The Bertz CT molecular complexity index is 3500. The smallest absolute Gasteiger partial charge is 0.167 e. The van der Waals surface area contributed by atoms with Gasteiger partial charge in [-0.15, -0.1) is 0 Å². The summed E-state index contributed by atoms with van der Waals surface area (Å²) in [5.41, 5.74) is 10.9. The van der Waals surface area contributed by atoms with Gasteiger partial charge in [0, 0.05) is 38.8 Å². The zero-order chi connectivity index (χ0) is 39.0. The van der Waals surface area contributed by atoms with E-state index >= 15 is 0 Å². The lowest BCUT2D eigenvalue weighted by Crippen LogP contribution is -2.00. The minimum Gasteiger partial charge on any atom is -0.459 e. The maximum Gasteiger partial charge on any atom is 0.167 e. The minimum absolute atomic E-state index is 0.298. The van der Waals surface area contributed by atoms with Crippen LogP contribution in [0.4, 0.5) is 0 Å². The van der Waals surface area contributed by atoms with Crippen molar-refractivity contribution in [1.29, 1.82) is 0 Å². The number of para-hydroxylation sites is 1. The van der Waals surface area contributed by atoms with Crippen LogP contribution in [-0.2, 0) is 0 Å². The number of benzene rings is 8. The van der Waals surface area contributed by atoms with Gasteiger partial charge < -0.3 is 8.83 Å². The number of aromatic nitrogens is 3. The van der Waals surface area contributed by atoms with Crippen molar-refractivity contribution in [3.63, 3.8) is 0 Å². The van der Waals surface area contributed by atoms with E-state index in [1.54, 1.807) is 0 Å². The molecule has 0 saturated carbocycles. The van der Waals surface area contributed by atoms with Gasteiger partial charge in [0.15, 0.2) is 17.5 Å². The van der Waals surface area contributed by atoms with Crippen LogP contribution in [0.3, 0.4) is 0 Å². The van der Waals surface area contributed by atoms with Crippen LogP contribution in [0.5, 0.6) is 0 Å². The average molecular weight is 758 g/mol. The van der Waals surface area contributed by atoms with Gasteiger partial charge in [0.1, 0.15) is 22.5 Å². The summed E-state index contributed by atoms with van der Waals surface area (Å²) in [6, 6.07) is 57.4. The number of hydrogen-bond donors (Lipinski definition) is 0. The third kappa shape index (κ3) is 5.58. The largest absolute Gasteiger partial charge is 0.459 e. The van der Waals surface area contributed by atoms with Crippen LogP contribution in [0.15, 0.2) is 179 Å². The topological polar surface area (TPSA) is 65.0 Å². The second kappa shape index (κ2) is 13.2. The van der Waals surface area contributed by atoms with Crippen molar-refractivity contribution in [3.8, 4) is 56.4 Å². The molecule has 3 aromatic heterocycles. The number of fused-ring (bicyclic) bond motifs is 8. The Morgan fingerprint density at radius 1 is 0.458 bits per heavy atom. The van der Waals surface area contributed by atoms with E-state index in [9.17, 15) is 0 Å². The molecular formula is C54H35N3O2. The fraction of sp³-hybridized carbons (Fsp3) is 0.0556. The Morgan fingerprint density at radius 3 is 1.95 bits per heavy atom. The van der Waals surface area contributed by atoms with Gasteiger partial charge in [-0.2, -0.15) is 0 Å².